The third-order valence-electron chi connectivity index (χ3n) is 7.30. The molecule has 184 valence electrons. The molecule has 2 aliphatic heterocycles. The number of aliphatic hydroxyl groups is 1. The van der Waals surface area contributed by atoms with Gasteiger partial charge in [0.2, 0.25) is 0 Å². The molecule has 2 fully saturated rings. The summed E-state index contributed by atoms with van der Waals surface area (Å²) < 4.78 is 7.82. The van der Waals surface area contributed by atoms with Crippen LogP contribution in [-0.2, 0) is 11.3 Å². The topological polar surface area (TPSA) is 125 Å². The van der Waals surface area contributed by atoms with Crippen LogP contribution in [0.1, 0.15) is 31.0 Å². The molecule has 5 rings (SSSR count). The molecule has 0 saturated carbocycles. The lowest BCUT2D eigenvalue weighted by atomic mass is 9.73. The monoisotopic (exact) mass is 513 g/mol. The number of fused-ring (bicyclic) bond motifs is 1. The number of aliphatic hydroxyl groups excluding tert-OH is 1. The lowest BCUT2D eigenvalue weighted by molar-refractivity contribution is 0.0974. The van der Waals surface area contributed by atoms with Crippen molar-refractivity contribution in [2.24, 2.45) is 11.1 Å². The summed E-state index contributed by atoms with van der Waals surface area (Å²) in [5.74, 6) is 1.41. The van der Waals surface area contributed by atoms with Crippen molar-refractivity contribution in [2.45, 2.75) is 48.3 Å². The molecule has 4 N–H and O–H groups in total. The van der Waals surface area contributed by atoms with Crippen LogP contribution < -0.4 is 16.0 Å². The molecule has 11 heteroatoms. The summed E-state index contributed by atoms with van der Waals surface area (Å²) in [5, 5.41) is 23.6. The molecule has 2 unspecified atom stereocenters. The van der Waals surface area contributed by atoms with Crippen LogP contribution >= 0.6 is 23.4 Å². The van der Waals surface area contributed by atoms with E-state index in [4.69, 9.17) is 22.1 Å². The first kappa shape index (κ1) is 24.2. The summed E-state index contributed by atoms with van der Waals surface area (Å²) in [5.41, 5.74) is 8.27. The zero-order valence-electron chi connectivity index (χ0n) is 19.7. The van der Waals surface area contributed by atoms with Crippen molar-refractivity contribution in [3.8, 4) is 6.07 Å². The maximum atomic E-state index is 10.1. The van der Waals surface area contributed by atoms with Crippen molar-refractivity contribution in [3.63, 3.8) is 0 Å². The van der Waals surface area contributed by atoms with Gasteiger partial charge in [-0.3, -0.25) is 4.40 Å². The number of pyridine rings is 2. The first-order valence-electron chi connectivity index (χ1n) is 11.6. The van der Waals surface area contributed by atoms with Crippen LogP contribution in [0.3, 0.4) is 0 Å². The van der Waals surface area contributed by atoms with E-state index in [9.17, 15) is 10.4 Å². The SMILES string of the molecule is CNc1nccc(Sc2c(C#N)cc(N3CCC4(CC3)COC(C)C4N)n3c(CO)cnc23)c1Cl. The predicted octanol–water partition coefficient (Wildman–Crippen LogP) is 3.27. The highest BCUT2D eigenvalue weighted by molar-refractivity contribution is 7.99. The number of rotatable bonds is 5. The molecule has 0 bridgehead atoms. The van der Waals surface area contributed by atoms with Crippen molar-refractivity contribution in [3.05, 3.63) is 40.8 Å². The highest BCUT2D eigenvalue weighted by Gasteiger charge is 2.47. The van der Waals surface area contributed by atoms with Crippen LogP contribution in [0.25, 0.3) is 5.65 Å². The fraction of sp³-hybridized carbons (Fsp3) is 0.458. The molecule has 1 spiro atoms. The molecule has 0 aromatic carbocycles. The zero-order valence-corrected chi connectivity index (χ0v) is 21.2. The second kappa shape index (κ2) is 9.48. The number of nitrogens with one attached hydrogen (secondary N) is 1. The van der Waals surface area contributed by atoms with E-state index < -0.39 is 0 Å². The molecule has 3 aromatic heterocycles. The van der Waals surface area contributed by atoms with Gasteiger partial charge in [-0.15, -0.1) is 0 Å². The predicted molar refractivity (Wildman–Crippen MR) is 136 cm³/mol. The summed E-state index contributed by atoms with van der Waals surface area (Å²) in [7, 11) is 1.76. The van der Waals surface area contributed by atoms with Crippen LogP contribution in [0.4, 0.5) is 11.6 Å². The van der Waals surface area contributed by atoms with Crippen LogP contribution in [0.5, 0.6) is 0 Å². The van der Waals surface area contributed by atoms with E-state index in [0.29, 0.717) is 39.2 Å². The Hall–Kier alpha value is -2.55. The Morgan fingerprint density at radius 1 is 1.40 bits per heavy atom. The van der Waals surface area contributed by atoms with Crippen molar-refractivity contribution in [1.29, 1.82) is 5.26 Å². The van der Waals surface area contributed by atoms with Crippen molar-refractivity contribution in [2.75, 3.05) is 37.0 Å². The van der Waals surface area contributed by atoms with Crippen molar-refractivity contribution in [1.82, 2.24) is 14.4 Å². The Kier molecular flexibility index (Phi) is 6.55. The summed E-state index contributed by atoms with van der Waals surface area (Å²) in [6.45, 7) is 4.12. The summed E-state index contributed by atoms with van der Waals surface area (Å²) in [4.78, 5) is 12.5. The number of nitrogens with zero attached hydrogens (tertiary/aromatic N) is 5. The van der Waals surface area contributed by atoms with E-state index in [2.05, 4.69) is 26.3 Å². The molecule has 2 saturated heterocycles. The van der Waals surface area contributed by atoms with E-state index in [1.54, 1.807) is 19.4 Å². The van der Waals surface area contributed by atoms with Gasteiger partial charge in [-0.1, -0.05) is 23.4 Å². The van der Waals surface area contributed by atoms with E-state index in [1.165, 1.54) is 11.8 Å². The molecule has 3 aromatic rings. The average molecular weight is 514 g/mol. The maximum absolute atomic E-state index is 10.1. The molecular weight excluding hydrogens is 486 g/mol. The minimum atomic E-state index is -0.169. The lowest BCUT2D eigenvalue weighted by Gasteiger charge is -2.42. The van der Waals surface area contributed by atoms with E-state index in [-0.39, 0.29) is 24.2 Å². The van der Waals surface area contributed by atoms with Gasteiger partial charge >= 0.3 is 0 Å². The number of imidazole rings is 1. The maximum Gasteiger partial charge on any atom is 0.154 e. The minimum absolute atomic E-state index is 0.0132. The van der Waals surface area contributed by atoms with Gasteiger partial charge in [0, 0.05) is 42.7 Å². The number of anilines is 2. The number of ether oxygens (including phenoxy) is 1. The second-order valence-electron chi connectivity index (χ2n) is 9.14. The van der Waals surface area contributed by atoms with Gasteiger partial charge in [0.1, 0.15) is 17.7 Å². The molecular formula is C24H28ClN7O2S. The van der Waals surface area contributed by atoms with Gasteiger partial charge in [0.25, 0.3) is 0 Å². The first-order chi connectivity index (χ1) is 16.9. The Bertz CT molecular complexity index is 1300. The van der Waals surface area contributed by atoms with Gasteiger partial charge in [-0.25, -0.2) is 9.97 Å². The summed E-state index contributed by atoms with van der Waals surface area (Å²) in [6.07, 6.45) is 5.20. The fourth-order valence-corrected chi connectivity index (χ4v) is 6.46. The first-order valence-corrected chi connectivity index (χ1v) is 12.8. The Morgan fingerprint density at radius 2 is 2.17 bits per heavy atom. The van der Waals surface area contributed by atoms with Crippen LogP contribution in [0, 0.1) is 16.7 Å². The van der Waals surface area contributed by atoms with Gasteiger partial charge in [-0.05, 0) is 31.9 Å². The molecule has 0 aliphatic carbocycles. The smallest absolute Gasteiger partial charge is 0.154 e. The van der Waals surface area contributed by atoms with E-state index in [1.807, 2.05) is 23.5 Å². The van der Waals surface area contributed by atoms with Crippen LogP contribution in [0.15, 0.2) is 34.3 Å². The Balaban J connectivity index is 1.55. The van der Waals surface area contributed by atoms with Crippen LogP contribution in [-0.4, -0.2) is 58.4 Å². The number of piperidine rings is 1. The summed E-state index contributed by atoms with van der Waals surface area (Å²) >= 11 is 7.92. The molecule has 0 radical (unpaired) electrons. The Labute approximate surface area is 213 Å². The zero-order chi connectivity index (χ0) is 24.7. The number of nitriles is 1. The summed E-state index contributed by atoms with van der Waals surface area (Å²) in [6, 6.07) is 6.06. The molecule has 2 atom stereocenters. The lowest BCUT2D eigenvalue weighted by Crippen LogP contribution is -2.51. The quantitative estimate of drug-likeness (QED) is 0.471. The van der Waals surface area contributed by atoms with E-state index >= 15 is 0 Å². The number of hydrogen-bond donors (Lipinski definition) is 3. The Morgan fingerprint density at radius 3 is 2.80 bits per heavy atom. The van der Waals surface area contributed by atoms with E-state index in [0.717, 1.165) is 36.6 Å². The molecule has 5 heterocycles. The second-order valence-corrected chi connectivity index (χ2v) is 10.6. The van der Waals surface area contributed by atoms with Crippen LogP contribution in [0.2, 0.25) is 5.02 Å². The fourth-order valence-electron chi connectivity index (χ4n) is 5.15. The third kappa shape index (κ3) is 4.01. The largest absolute Gasteiger partial charge is 0.390 e. The van der Waals surface area contributed by atoms with Gasteiger partial charge in [0.05, 0.1) is 46.7 Å². The minimum Gasteiger partial charge on any atom is -0.390 e. The van der Waals surface area contributed by atoms with Gasteiger partial charge < -0.3 is 25.8 Å². The molecule has 35 heavy (non-hydrogen) atoms. The molecule has 0 amide bonds. The highest BCUT2D eigenvalue weighted by atomic mass is 35.5. The average Bonchev–Trinajstić information content (AvgIpc) is 3.43. The molecule has 2 aliphatic rings. The van der Waals surface area contributed by atoms with Gasteiger partial charge in [0.15, 0.2) is 5.65 Å². The van der Waals surface area contributed by atoms with Gasteiger partial charge in [-0.2, -0.15) is 5.26 Å². The molecule has 9 nitrogen and oxygen atoms in total. The van der Waals surface area contributed by atoms with Crippen molar-refractivity contribution >= 4 is 40.6 Å². The normalized spacial score (nSPS) is 21.5. The third-order valence-corrected chi connectivity index (χ3v) is 8.96. The number of aromatic nitrogens is 3. The number of nitrogens with two attached hydrogens (primary N) is 1. The number of halogens is 1. The van der Waals surface area contributed by atoms with Crippen molar-refractivity contribution < 1.29 is 9.84 Å². The highest BCUT2D eigenvalue weighted by Crippen LogP contribution is 2.44. The number of hydrogen-bond acceptors (Lipinski definition) is 9. The standard InChI is InChI=1S/C24H28ClN7O2S/c1-14-21(27)24(13-34-14)4-7-31(8-5-24)18-9-15(10-26)20(23-30-11-16(12-33)32(18)23)35-17-3-6-29-22(28-2)19(17)25/h3,6,9,11,14,21,33H,4-5,7-8,12-13,27H2,1-2H3,(H,28,29).